The van der Waals surface area contributed by atoms with E-state index in [-0.39, 0.29) is 10.6 Å². The zero-order chi connectivity index (χ0) is 16.9. The van der Waals surface area contributed by atoms with Gasteiger partial charge in [0.2, 0.25) is 0 Å². The second-order valence-electron chi connectivity index (χ2n) is 5.23. The van der Waals surface area contributed by atoms with Crippen LogP contribution in [-0.2, 0) is 4.79 Å². The zero-order valence-corrected chi connectivity index (χ0v) is 13.7. The number of ether oxygens (including phenoxy) is 2. The van der Waals surface area contributed by atoms with Crippen LogP contribution in [0.2, 0.25) is 5.02 Å². The van der Waals surface area contributed by atoms with Crippen molar-refractivity contribution in [1.82, 2.24) is 5.32 Å². The number of aliphatic carboxylic acids is 1. The van der Waals surface area contributed by atoms with Gasteiger partial charge in [-0.15, -0.1) is 0 Å². The summed E-state index contributed by atoms with van der Waals surface area (Å²) >= 11 is 6.14. The van der Waals surface area contributed by atoms with Crippen LogP contribution >= 0.6 is 11.6 Å². The summed E-state index contributed by atoms with van der Waals surface area (Å²) in [6.45, 7) is 5.82. The van der Waals surface area contributed by atoms with Crippen LogP contribution in [0.25, 0.3) is 0 Å². The summed E-state index contributed by atoms with van der Waals surface area (Å²) < 4.78 is 10.8. The molecule has 0 aliphatic carbocycles. The average Bonchev–Trinajstić information content (AvgIpc) is 2.44. The number of methoxy groups -OCH3 is 1. The fourth-order valence-corrected chi connectivity index (χ4v) is 1.85. The monoisotopic (exact) mass is 329 g/mol. The molecule has 1 unspecified atom stereocenters. The van der Waals surface area contributed by atoms with Gasteiger partial charge >= 0.3 is 5.97 Å². The molecule has 0 aromatic heterocycles. The van der Waals surface area contributed by atoms with Gasteiger partial charge in [-0.25, -0.2) is 0 Å². The Balaban J connectivity index is 3.02. The van der Waals surface area contributed by atoms with Gasteiger partial charge in [0, 0.05) is 5.56 Å². The summed E-state index contributed by atoms with van der Waals surface area (Å²) in [6.07, 6.45) is 0. The molecule has 122 valence electrons. The molecule has 0 bridgehead atoms. The Morgan fingerprint density at radius 3 is 2.45 bits per heavy atom. The lowest BCUT2D eigenvalue weighted by Gasteiger charge is -2.16. The minimum atomic E-state index is -1.12. The van der Waals surface area contributed by atoms with Crippen molar-refractivity contribution >= 4 is 23.5 Å². The third-order valence-electron chi connectivity index (χ3n) is 2.77. The maximum absolute atomic E-state index is 12.0. The Morgan fingerprint density at radius 1 is 1.32 bits per heavy atom. The predicted octanol–water partition coefficient (Wildman–Crippen LogP) is 2.59. The van der Waals surface area contributed by atoms with Crippen LogP contribution in [0.5, 0.6) is 11.5 Å². The van der Waals surface area contributed by atoms with E-state index in [0.29, 0.717) is 24.0 Å². The molecule has 1 rings (SSSR count). The molecule has 0 radical (unpaired) electrons. The smallest absolute Gasteiger partial charge is 0.325 e. The van der Waals surface area contributed by atoms with Gasteiger partial charge < -0.3 is 19.9 Å². The standard InChI is InChI=1S/C15H20ClNO5/c1-8(2)7-22-13-11(16)5-10(6-12(13)21-4)14(18)17-9(3)15(19)20/h5-6,8-9H,7H2,1-4H3,(H,17,18)(H,19,20). The molecular weight excluding hydrogens is 310 g/mol. The maximum atomic E-state index is 12.0. The Labute approximate surface area is 134 Å². The maximum Gasteiger partial charge on any atom is 0.325 e. The quantitative estimate of drug-likeness (QED) is 0.803. The van der Waals surface area contributed by atoms with Crippen LogP contribution < -0.4 is 14.8 Å². The molecule has 0 saturated carbocycles. The predicted molar refractivity (Wildman–Crippen MR) is 82.9 cm³/mol. The van der Waals surface area contributed by atoms with E-state index in [4.69, 9.17) is 26.2 Å². The van der Waals surface area contributed by atoms with Crippen molar-refractivity contribution in [2.75, 3.05) is 13.7 Å². The minimum absolute atomic E-state index is 0.201. The topological polar surface area (TPSA) is 84.9 Å². The lowest BCUT2D eigenvalue weighted by Crippen LogP contribution is -2.38. The Hall–Kier alpha value is -1.95. The second kappa shape index (κ2) is 7.89. The molecule has 6 nitrogen and oxygen atoms in total. The number of carbonyl (C=O) groups excluding carboxylic acids is 1. The van der Waals surface area contributed by atoms with E-state index in [1.165, 1.54) is 26.2 Å². The molecule has 0 fully saturated rings. The third-order valence-corrected chi connectivity index (χ3v) is 3.05. The van der Waals surface area contributed by atoms with E-state index >= 15 is 0 Å². The van der Waals surface area contributed by atoms with Crippen molar-refractivity contribution in [1.29, 1.82) is 0 Å². The zero-order valence-electron chi connectivity index (χ0n) is 13.0. The van der Waals surface area contributed by atoms with Gasteiger partial charge in [-0.3, -0.25) is 9.59 Å². The van der Waals surface area contributed by atoms with Crippen molar-refractivity contribution in [2.24, 2.45) is 5.92 Å². The lowest BCUT2D eigenvalue weighted by molar-refractivity contribution is -0.138. The number of hydrogen-bond acceptors (Lipinski definition) is 4. The van der Waals surface area contributed by atoms with Crippen LogP contribution in [0.4, 0.5) is 0 Å². The van der Waals surface area contributed by atoms with Crippen molar-refractivity contribution in [3.63, 3.8) is 0 Å². The van der Waals surface area contributed by atoms with Crippen molar-refractivity contribution in [3.8, 4) is 11.5 Å². The van der Waals surface area contributed by atoms with Crippen LogP contribution in [0, 0.1) is 5.92 Å². The summed E-state index contributed by atoms with van der Waals surface area (Å²) in [4.78, 5) is 22.8. The molecule has 0 spiro atoms. The first-order chi connectivity index (χ1) is 10.3. The molecule has 1 atom stereocenters. The van der Waals surface area contributed by atoms with E-state index in [1.54, 1.807) is 0 Å². The first-order valence-corrected chi connectivity index (χ1v) is 7.18. The normalized spacial score (nSPS) is 11.9. The molecular formula is C15H20ClNO5. The molecule has 2 N–H and O–H groups in total. The Morgan fingerprint density at radius 2 is 1.95 bits per heavy atom. The van der Waals surface area contributed by atoms with E-state index in [1.807, 2.05) is 13.8 Å². The molecule has 0 heterocycles. The van der Waals surface area contributed by atoms with Gasteiger partial charge in [-0.2, -0.15) is 0 Å². The summed E-state index contributed by atoms with van der Waals surface area (Å²) in [5.41, 5.74) is 0.201. The largest absolute Gasteiger partial charge is 0.493 e. The number of amides is 1. The summed E-state index contributed by atoms with van der Waals surface area (Å²) in [5, 5.41) is 11.4. The molecule has 1 aromatic rings. The number of nitrogens with one attached hydrogen (secondary N) is 1. The number of benzene rings is 1. The first-order valence-electron chi connectivity index (χ1n) is 6.80. The van der Waals surface area contributed by atoms with Crippen molar-refractivity contribution in [2.45, 2.75) is 26.8 Å². The molecule has 1 amide bonds. The highest BCUT2D eigenvalue weighted by molar-refractivity contribution is 6.32. The van der Waals surface area contributed by atoms with E-state index in [2.05, 4.69) is 5.32 Å². The SMILES string of the molecule is COc1cc(C(=O)NC(C)C(=O)O)cc(Cl)c1OCC(C)C. The van der Waals surface area contributed by atoms with Crippen molar-refractivity contribution < 1.29 is 24.2 Å². The van der Waals surface area contributed by atoms with Gasteiger partial charge in [-0.1, -0.05) is 25.4 Å². The molecule has 0 saturated heterocycles. The summed E-state index contributed by atoms with van der Waals surface area (Å²) in [6, 6.07) is 1.88. The second-order valence-corrected chi connectivity index (χ2v) is 5.63. The van der Waals surface area contributed by atoms with Crippen molar-refractivity contribution in [3.05, 3.63) is 22.7 Å². The Bertz CT molecular complexity index is 559. The van der Waals surface area contributed by atoms with E-state index < -0.39 is 17.9 Å². The molecule has 7 heteroatoms. The lowest BCUT2D eigenvalue weighted by atomic mass is 10.1. The fraction of sp³-hybridized carbons (Fsp3) is 0.467. The summed E-state index contributed by atoms with van der Waals surface area (Å²) in [5.74, 6) is -0.684. The third kappa shape index (κ3) is 4.80. The van der Waals surface area contributed by atoms with Gasteiger partial charge in [0.15, 0.2) is 11.5 Å². The van der Waals surface area contributed by atoms with E-state index in [0.717, 1.165) is 0 Å². The first kappa shape index (κ1) is 18.1. The van der Waals surface area contributed by atoms with Gasteiger partial charge in [0.05, 0.1) is 18.7 Å². The highest BCUT2D eigenvalue weighted by Crippen LogP contribution is 2.36. The van der Waals surface area contributed by atoms with Crippen LogP contribution in [-0.4, -0.2) is 36.7 Å². The molecule has 1 aromatic carbocycles. The van der Waals surface area contributed by atoms with Gasteiger partial charge in [-0.05, 0) is 25.0 Å². The van der Waals surface area contributed by atoms with Gasteiger partial charge in [0.1, 0.15) is 6.04 Å². The molecule has 22 heavy (non-hydrogen) atoms. The highest BCUT2D eigenvalue weighted by Gasteiger charge is 2.19. The number of hydrogen-bond donors (Lipinski definition) is 2. The number of carbonyl (C=O) groups is 2. The Kier molecular flexibility index (Phi) is 6.49. The minimum Gasteiger partial charge on any atom is -0.493 e. The number of halogens is 1. The van der Waals surface area contributed by atoms with Crippen LogP contribution in [0.15, 0.2) is 12.1 Å². The number of rotatable bonds is 7. The number of carboxylic acids is 1. The fourth-order valence-electron chi connectivity index (χ4n) is 1.58. The van der Waals surface area contributed by atoms with Gasteiger partial charge in [0.25, 0.3) is 5.91 Å². The molecule has 0 aliphatic rings. The summed E-state index contributed by atoms with van der Waals surface area (Å²) in [7, 11) is 1.44. The molecule has 0 aliphatic heterocycles. The average molecular weight is 330 g/mol. The van der Waals surface area contributed by atoms with E-state index in [9.17, 15) is 9.59 Å². The number of carboxylic acid groups (broad SMARTS) is 1. The van der Waals surface area contributed by atoms with Crippen LogP contribution in [0.3, 0.4) is 0 Å². The van der Waals surface area contributed by atoms with Crippen LogP contribution in [0.1, 0.15) is 31.1 Å². The highest BCUT2D eigenvalue weighted by atomic mass is 35.5.